The minimum atomic E-state index is -1.07. The van der Waals surface area contributed by atoms with Gasteiger partial charge in [0.05, 0.1) is 25.8 Å². The van der Waals surface area contributed by atoms with Gasteiger partial charge < -0.3 is 15.0 Å². The van der Waals surface area contributed by atoms with E-state index in [-0.39, 0.29) is 24.9 Å². The van der Waals surface area contributed by atoms with Crippen molar-refractivity contribution >= 4 is 17.8 Å². The SMILES string of the molecule is COc1ccccc1C(=O)N1CCC[C@@]2(C1)NC(=O)N(Cc1ccc(C)cc1)C2=O. The Kier molecular flexibility index (Phi) is 5.20. The van der Waals surface area contributed by atoms with Crippen molar-refractivity contribution in [2.45, 2.75) is 31.8 Å². The normalized spacial score (nSPS) is 21.1. The van der Waals surface area contributed by atoms with Crippen LogP contribution in [0.2, 0.25) is 0 Å². The lowest BCUT2D eigenvalue weighted by molar-refractivity contribution is -0.133. The highest BCUT2D eigenvalue weighted by Crippen LogP contribution is 2.31. The number of ether oxygens (including phenoxy) is 1. The Morgan fingerprint density at radius 1 is 1.13 bits per heavy atom. The summed E-state index contributed by atoms with van der Waals surface area (Å²) in [5, 5.41) is 2.88. The third-order valence-corrected chi connectivity index (χ3v) is 5.82. The predicted molar refractivity (Wildman–Crippen MR) is 111 cm³/mol. The minimum Gasteiger partial charge on any atom is -0.496 e. The first-order valence-electron chi connectivity index (χ1n) is 10.1. The number of nitrogens with zero attached hydrogens (tertiary/aromatic N) is 2. The molecule has 4 rings (SSSR count). The van der Waals surface area contributed by atoms with Gasteiger partial charge in [0.15, 0.2) is 0 Å². The smallest absolute Gasteiger partial charge is 0.325 e. The molecule has 0 bridgehead atoms. The number of nitrogens with one attached hydrogen (secondary N) is 1. The van der Waals surface area contributed by atoms with Crippen LogP contribution in [0.4, 0.5) is 4.79 Å². The number of hydrogen-bond donors (Lipinski definition) is 1. The van der Waals surface area contributed by atoms with Crippen molar-refractivity contribution in [2.75, 3.05) is 20.2 Å². The number of carbonyl (C=O) groups excluding carboxylic acids is 3. The zero-order chi connectivity index (χ0) is 21.3. The van der Waals surface area contributed by atoms with E-state index < -0.39 is 11.6 Å². The lowest BCUT2D eigenvalue weighted by atomic mass is 9.88. The van der Waals surface area contributed by atoms with E-state index in [9.17, 15) is 14.4 Å². The molecular weight excluding hydrogens is 382 g/mol. The van der Waals surface area contributed by atoms with Crippen LogP contribution in [0.15, 0.2) is 48.5 Å². The molecule has 0 aliphatic carbocycles. The topological polar surface area (TPSA) is 79.0 Å². The summed E-state index contributed by atoms with van der Waals surface area (Å²) < 4.78 is 5.31. The number of aryl methyl sites for hydroxylation is 1. The number of carbonyl (C=O) groups is 3. The van der Waals surface area contributed by atoms with Crippen LogP contribution in [-0.4, -0.2) is 53.4 Å². The van der Waals surface area contributed by atoms with Crippen molar-refractivity contribution in [1.29, 1.82) is 0 Å². The van der Waals surface area contributed by atoms with Crippen LogP contribution in [0.1, 0.15) is 34.3 Å². The van der Waals surface area contributed by atoms with Gasteiger partial charge in [-0.2, -0.15) is 0 Å². The number of piperidine rings is 1. The van der Waals surface area contributed by atoms with E-state index in [1.165, 1.54) is 12.0 Å². The molecule has 7 heteroatoms. The van der Waals surface area contributed by atoms with E-state index in [0.29, 0.717) is 30.7 Å². The van der Waals surface area contributed by atoms with Crippen molar-refractivity contribution in [3.63, 3.8) is 0 Å². The summed E-state index contributed by atoms with van der Waals surface area (Å²) in [5.74, 6) is 0.0149. The van der Waals surface area contributed by atoms with Gasteiger partial charge in [-0.3, -0.25) is 14.5 Å². The molecule has 2 aliphatic heterocycles. The highest BCUT2D eigenvalue weighted by molar-refractivity contribution is 6.08. The maximum absolute atomic E-state index is 13.3. The first-order chi connectivity index (χ1) is 14.4. The summed E-state index contributed by atoms with van der Waals surface area (Å²) in [6.07, 6.45) is 1.14. The zero-order valence-corrected chi connectivity index (χ0v) is 17.2. The summed E-state index contributed by atoms with van der Waals surface area (Å²) in [5.41, 5.74) is 1.38. The minimum absolute atomic E-state index is 0.152. The zero-order valence-electron chi connectivity index (χ0n) is 17.2. The Morgan fingerprint density at radius 2 is 1.87 bits per heavy atom. The Bertz CT molecular complexity index is 988. The first-order valence-corrected chi connectivity index (χ1v) is 10.1. The van der Waals surface area contributed by atoms with Crippen LogP contribution in [0.5, 0.6) is 5.75 Å². The number of para-hydroxylation sites is 1. The van der Waals surface area contributed by atoms with Gasteiger partial charge in [-0.1, -0.05) is 42.0 Å². The van der Waals surface area contributed by atoms with E-state index in [1.54, 1.807) is 29.2 Å². The van der Waals surface area contributed by atoms with Gasteiger partial charge in [-0.05, 0) is 37.5 Å². The number of rotatable bonds is 4. The van der Waals surface area contributed by atoms with E-state index in [2.05, 4.69) is 5.32 Å². The molecule has 1 N–H and O–H groups in total. The van der Waals surface area contributed by atoms with Crippen LogP contribution in [0, 0.1) is 6.92 Å². The molecule has 0 saturated carbocycles. The van der Waals surface area contributed by atoms with Gasteiger partial charge >= 0.3 is 6.03 Å². The number of benzene rings is 2. The summed E-state index contributed by atoms with van der Waals surface area (Å²) in [4.78, 5) is 41.9. The Hall–Kier alpha value is -3.35. The van der Waals surface area contributed by atoms with Gasteiger partial charge in [-0.15, -0.1) is 0 Å². The van der Waals surface area contributed by atoms with Crippen LogP contribution in [0.25, 0.3) is 0 Å². The quantitative estimate of drug-likeness (QED) is 0.791. The highest BCUT2D eigenvalue weighted by atomic mass is 16.5. The lowest BCUT2D eigenvalue weighted by Crippen LogP contribution is -2.59. The summed E-state index contributed by atoms with van der Waals surface area (Å²) in [6, 6.07) is 14.4. The number of amides is 4. The molecular formula is C23H25N3O4. The van der Waals surface area contributed by atoms with Gasteiger partial charge in [0.1, 0.15) is 11.3 Å². The number of imide groups is 1. The summed E-state index contributed by atoms with van der Waals surface area (Å²) >= 11 is 0. The molecule has 0 aromatic heterocycles. The summed E-state index contributed by atoms with van der Waals surface area (Å²) in [7, 11) is 1.52. The molecule has 0 radical (unpaired) electrons. The van der Waals surface area contributed by atoms with Crippen molar-refractivity contribution in [1.82, 2.24) is 15.1 Å². The molecule has 2 heterocycles. The molecule has 7 nitrogen and oxygen atoms in total. The van der Waals surface area contributed by atoms with Crippen LogP contribution in [-0.2, 0) is 11.3 Å². The molecule has 4 amide bonds. The molecule has 2 aliphatic rings. The maximum atomic E-state index is 13.3. The second-order valence-corrected chi connectivity index (χ2v) is 7.92. The van der Waals surface area contributed by atoms with Crippen LogP contribution >= 0.6 is 0 Å². The van der Waals surface area contributed by atoms with Crippen LogP contribution < -0.4 is 10.1 Å². The van der Waals surface area contributed by atoms with Crippen LogP contribution in [0.3, 0.4) is 0 Å². The number of hydrogen-bond acceptors (Lipinski definition) is 4. The monoisotopic (exact) mass is 407 g/mol. The van der Waals surface area contributed by atoms with Crippen molar-refractivity contribution in [2.24, 2.45) is 0 Å². The molecule has 0 unspecified atom stereocenters. The first kappa shape index (κ1) is 19.9. The fraction of sp³-hybridized carbons (Fsp3) is 0.348. The van der Waals surface area contributed by atoms with Crippen molar-refractivity contribution < 1.29 is 19.1 Å². The number of urea groups is 1. The average Bonchev–Trinajstić information content (AvgIpc) is 2.98. The van der Waals surface area contributed by atoms with Gasteiger partial charge in [0, 0.05) is 6.54 Å². The van der Waals surface area contributed by atoms with E-state index >= 15 is 0 Å². The third kappa shape index (κ3) is 3.51. The number of methoxy groups -OCH3 is 1. The summed E-state index contributed by atoms with van der Waals surface area (Å²) in [6.45, 7) is 2.88. The maximum Gasteiger partial charge on any atom is 0.325 e. The fourth-order valence-corrected chi connectivity index (χ4v) is 4.19. The molecule has 2 aromatic rings. The molecule has 2 aromatic carbocycles. The predicted octanol–water partition coefficient (Wildman–Crippen LogP) is 2.73. The molecule has 1 atom stereocenters. The average molecular weight is 407 g/mol. The highest BCUT2D eigenvalue weighted by Gasteiger charge is 2.53. The Morgan fingerprint density at radius 3 is 2.60 bits per heavy atom. The van der Waals surface area contributed by atoms with Crippen molar-refractivity contribution in [3.05, 3.63) is 65.2 Å². The number of likely N-dealkylation sites (tertiary alicyclic amines) is 1. The van der Waals surface area contributed by atoms with E-state index in [4.69, 9.17) is 4.74 Å². The second-order valence-electron chi connectivity index (χ2n) is 7.92. The standard InChI is InChI=1S/C23H25N3O4/c1-16-8-10-17(11-9-16)14-26-21(28)23(24-22(26)29)12-5-13-25(15-23)20(27)18-6-3-4-7-19(18)30-2/h3-4,6-11H,5,12-15H2,1-2H3,(H,24,29)/t23-/m0/s1. The third-order valence-electron chi connectivity index (χ3n) is 5.82. The van der Waals surface area contributed by atoms with Gasteiger partial charge in [0.2, 0.25) is 0 Å². The molecule has 2 saturated heterocycles. The molecule has 30 heavy (non-hydrogen) atoms. The Labute approximate surface area is 175 Å². The Balaban J connectivity index is 1.54. The second kappa shape index (κ2) is 7.82. The largest absolute Gasteiger partial charge is 0.496 e. The van der Waals surface area contributed by atoms with Crippen molar-refractivity contribution in [3.8, 4) is 5.75 Å². The van der Waals surface area contributed by atoms with E-state index in [0.717, 1.165) is 11.1 Å². The fourth-order valence-electron chi connectivity index (χ4n) is 4.19. The van der Waals surface area contributed by atoms with Gasteiger partial charge in [0.25, 0.3) is 11.8 Å². The van der Waals surface area contributed by atoms with E-state index in [1.807, 2.05) is 31.2 Å². The lowest BCUT2D eigenvalue weighted by Gasteiger charge is -2.38. The molecule has 2 fully saturated rings. The molecule has 156 valence electrons. The molecule has 1 spiro atoms. The van der Waals surface area contributed by atoms with Gasteiger partial charge in [-0.25, -0.2) is 4.79 Å².